The summed E-state index contributed by atoms with van der Waals surface area (Å²) in [5, 5.41) is 3.05. The van der Waals surface area contributed by atoms with Crippen LogP contribution in [-0.4, -0.2) is 59.0 Å². The van der Waals surface area contributed by atoms with Crippen LogP contribution in [0.25, 0.3) is 0 Å². The number of fused-ring (bicyclic) bond motifs is 1. The van der Waals surface area contributed by atoms with E-state index >= 15 is 0 Å². The van der Waals surface area contributed by atoms with Gasteiger partial charge in [-0.2, -0.15) is 4.99 Å². The lowest BCUT2D eigenvalue weighted by Gasteiger charge is -2.32. The number of imide groups is 1. The summed E-state index contributed by atoms with van der Waals surface area (Å²) in [6, 6.07) is 9.92. The molecule has 3 aliphatic rings. The van der Waals surface area contributed by atoms with Gasteiger partial charge in [-0.1, -0.05) is 48.6 Å². The SMILES string of the molecule is O=C(CCN1C(=O)N=C2C=CC=CC2C1=O)NC1CCN(Cc2ccccc2)CC1. The molecule has 1 atom stereocenters. The molecule has 1 aromatic carbocycles. The van der Waals surface area contributed by atoms with Crippen molar-refractivity contribution in [3.05, 3.63) is 60.2 Å². The summed E-state index contributed by atoms with van der Waals surface area (Å²) in [6.07, 6.45) is 8.81. The summed E-state index contributed by atoms with van der Waals surface area (Å²) < 4.78 is 0. The van der Waals surface area contributed by atoms with Crippen molar-refractivity contribution in [2.24, 2.45) is 10.9 Å². The summed E-state index contributed by atoms with van der Waals surface area (Å²) in [6.45, 7) is 2.85. The van der Waals surface area contributed by atoms with E-state index in [0.717, 1.165) is 37.4 Å². The van der Waals surface area contributed by atoms with Crippen LogP contribution in [0.5, 0.6) is 0 Å². The van der Waals surface area contributed by atoms with Crippen LogP contribution in [0, 0.1) is 5.92 Å². The van der Waals surface area contributed by atoms with Crippen molar-refractivity contribution < 1.29 is 14.4 Å². The monoisotopic (exact) mass is 406 g/mol. The van der Waals surface area contributed by atoms with Gasteiger partial charge < -0.3 is 5.32 Å². The number of aliphatic imine (C=N–C) groups is 1. The van der Waals surface area contributed by atoms with Crippen molar-refractivity contribution in [2.75, 3.05) is 19.6 Å². The van der Waals surface area contributed by atoms with E-state index in [1.54, 1.807) is 24.3 Å². The Bertz CT molecular complexity index is 898. The van der Waals surface area contributed by atoms with Gasteiger partial charge in [0.05, 0.1) is 11.6 Å². The number of urea groups is 1. The first-order valence-electron chi connectivity index (χ1n) is 10.4. The Morgan fingerprint density at radius 1 is 1.10 bits per heavy atom. The molecule has 4 rings (SSSR count). The number of rotatable bonds is 6. The van der Waals surface area contributed by atoms with Crippen LogP contribution in [0.3, 0.4) is 0 Å². The maximum Gasteiger partial charge on any atom is 0.350 e. The van der Waals surface area contributed by atoms with Gasteiger partial charge in [-0.05, 0) is 24.5 Å². The van der Waals surface area contributed by atoms with E-state index in [-0.39, 0.29) is 30.8 Å². The minimum Gasteiger partial charge on any atom is -0.353 e. The molecule has 30 heavy (non-hydrogen) atoms. The highest BCUT2D eigenvalue weighted by Crippen LogP contribution is 2.20. The Kier molecular flexibility index (Phi) is 6.18. The van der Waals surface area contributed by atoms with Crippen LogP contribution in [0.15, 0.2) is 59.6 Å². The molecule has 2 heterocycles. The number of hydrogen-bond donors (Lipinski definition) is 1. The Morgan fingerprint density at radius 3 is 2.63 bits per heavy atom. The first-order valence-corrected chi connectivity index (χ1v) is 10.4. The van der Waals surface area contributed by atoms with Gasteiger partial charge in [0.25, 0.3) is 0 Å². The summed E-state index contributed by atoms with van der Waals surface area (Å²) in [7, 11) is 0. The summed E-state index contributed by atoms with van der Waals surface area (Å²) in [4.78, 5) is 44.6. The zero-order chi connectivity index (χ0) is 20.9. The van der Waals surface area contributed by atoms with Gasteiger partial charge in [-0.25, -0.2) is 4.79 Å². The highest BCUT2D eigenvalue weighted by Gasteiger charge is 2.35. The minimum absolute atomic E-state index is 0.0567. The number of amides is 4. The highest BCUT2D eigenvalue weighted by molar-refractivity contribution is 6.21. The van der Waals surface area contributed by atoms with Crippen molar-refractivity contribution in [3.8, 4) is 0 Å². The van der Waals surface area contributed by atoms with E-state index in [9.17, 15) is 14.4 Å². The number of carbonyl (C=O) groups is 3. The van der Waals surface area contributed by atoms with E-state index in [1.165, 1.54) is 5.56 Å². The molecule has 0 spiro atoms. The predicted octanol–water partition coefficient (Wildman–Crippen LogP) is 2.30. The maximum absolute atomic E-state index is 12.6. The molecule has 0 radical (unpaired) electrons. The molecule has 1 saturated heterocycles. The van der Waals surface area contributed by atoms with Crippen LogP contribution >= 0.6 is 0 Å². The molecule has 1 aliphatic carbocycles. The minimum atomic E-state index is -0.590. The first-order chi connectivity index (χ1) is 14.6. The van der Waals surface area contributed by atoms with Crippen molar-refractivity contribution in [1.82, 2.24) is 15.1 Å². The number of nitrogens with zero attached hydrogens (tertiary/aromatic N) is 3. The average molecular weight is 406 g/mol. The third-order valence-corrected chi connectivity index (χ3v) is 5.75. The summed E-state index contributed by atoms with van der Waals surface area (Å²) >= 11 is 0. The van der Waals surface area contributed by atoms with Crippen molar-refractivity contribution in [3.63, 3.8) is 0 Å². The molecule has 156 valence electrons. The number of hydrogen-bond acceptors (Lipinski definition) is 4. The molecule has 1 N–H and O–H groups in total. The normalized spacial score (nSPS) is 22.1. The van der Waals surface area contributed by atoms with E-state index in [4.69, 9.17) is 0 Å². The fourth-order valence-corrected chi connectivity index (χ4v) is 4.08. The Labute approximate surface area is 176 Å². The molecule has 4 amide bonds. The molecule has 0 saturated carbocycles. The van der Waals surface area contributed by atoms with Gasteiger partial charge in [-0.3, -0.25) is 19.4 Å². The Morgan fingerprint density at radius 2 is 1.87 bits per heavy atom. The summed E-state index contributed by atoms with van der Waals surface area (Å²) in [5.41, 5.74) is 1.76. The lowest BCUT2D eigenvalue weighted by Crippen LogP contribution is -2.48. The highest BCUT2D eigenvalue weighted by atomic mass is 16.2. The molecule has 0 aromatic heterocycles. The van der Waals surface area contributed by atoms with Crippen molar-refractivity contribution >= 4 is 23.6 Å². The Balaban J connectivity index is 1.22. The van der Waals surface area contributed by atoms with Gasteiger partial charge in [-0.15, -0.1) is 0 Å². The molecular weight excluding hydrogens is 380 g/mol. The topological polar surface area (TPSA) is 82.1 Å². The fourth-order valence-electron chi connectivity index (χ4n) is 4.08. The number of allylic oxidation sites excluding steroid dienone is 3. The van der Waals surface area contributed by atoms with Crippen LogP contribution in [-0.2, 0) is 16.1 Å². The van der Waals surface area contributed by atoms with E-state index in [1.807, 2.05) is 18.2 Å². The second-order valence-electron chi connectivity index (χ2n) is 7.88. The van der Waals surface area contributed by atoms with Gasteiger partial charge in [0, 0.05) is 38.6 Å². The number of likely N-dealkylation sites (tertiary alicyclic amines) is 1. The summed E-state index contributed by atoms with van der Waals surface area (Å²) in [5.74, 6) is -0.969. The smallest absolute Gasteiger partial charge is 0.350 e. The second kappa shape index (κ2) is 9.17. The molecule has 1 fully saturated rings. The van der Waals surface area contributed by atoms with Gasteiger partial charge in [0.15, 0.2) is 0 Å². The quantitative estimate of drug-likeness (QED) is 0.786. The van der Waals surface area contributed by atoms with Crippen LogP contribution < -0.4 is 5.32 Å². The lowest BCUT2D eigenvalue weighted by atomic mass is 9.95. The number of nitrogens with one attached hydrogen (secondary N) is 1. The number of carbonyl (C=O) groups excluding carboxylic acids is 3. The molecule has 1 aromatic rings. The average Bonchev–Trinajstić information content (AvgIpc) is 2.76. The zero-order valence-corrected chi connectivity index (χ0v) is 16.9. The van der Waals surface area contributed by atoms with E-state index in [2.05, 4.69) is 27.3 Å². The lowest BCUT2D eigenvalue weighted by molar-refractivity contribution is -0.130. The van der Waals surface area contributed by atoms with Crippen molar-refractivity contribution in [2.45, 2.75) is 31.8 Å². The molecule has 7 heteroatoms. The van der Waals surface area contributed by atoms with E-state index < -0.39 is 11.9 Å². The number of piperidine rings is 1. The van der Waals surface area contributed by atoms with E-state index in [0.29, 0.717) is 5.71 Å². The molecule has 0 bridgehead atoms. The molecular formula is C23H26N4O3. The van der Waals surface area contributed by atoms with Gasteiger partial charge in [0.1, 0.15) is 0 Å². The zero-order valence-electron chi connectivity index (χ0n) is 16.9. The third kappa shape index (κ3) is 4.74. The van der Waals surface area contributed by atoms with Crippen LogP contribution in [0.1, 0.15) is 24.8 Å². The largest absolute Gasteiger partial charge is 0.353 e. The van der Waals surface area contributed by atoms with Crippen LogP contribution in [0.4, 0.5) is 4.79 Å². The molecule has 2 aliphatic heterocycles. The predicted molar refractivity (Wildman–Crippen MR) is 114 cm³/mol. The first kappa shape index (κ1) is 20.2. The van der Waals surface area contributed by atoms with Gasteiger partial charge in [0.2, 0.25) is 11.8 Å². The van der Waals surface area contributed by atoms with Gasteiger partial charge >= 0.3 is 6.03 Å². The van der Waals surface area contributed by atoms with Crippen molar-refractivity contribution in [1.29, 1.82) is 0 Å². The number of benzene rings is 1. The second-order valence-corrected chi connectivity index (χ2v) is 7.88. The van der Waals surface area contributed by atoms with Crippen LogP contribution in [0.2, 0.25) is 0 Å². The fraction of sp³-hybridized carbons (Fsp3) is 0.391. The standard InChI is InChI=1S/C23H26N4O3/c28-21(12-15-27-22(29)19-8-4-5-9-20(19)25-23(27)30)24-18-10-13-26(14-11-18)16-17-6-2-1-3-7-17/h1-9,18-19H,10-16H2,(H,24,28). The molecule has 7 nitrogen and oxygen atoms in total. The molecule has 1 unspecified atom stereocenters. The third-order valence-electron chi connectivity index (χ3n) is 5.75. The Hall–Kier alpha value is -3.06. The maximum atomic E-state index is 12.6.